The third kappa shape index (κ3) is 3.59. The van der Waals surface area contributed by atoms with Crippen LogP contribution < -0.4 is 0 Å². The third-order valence-electron chi connectivity index (χ3n) is 2.35. The second-order valence-electron chi connectivity index (χ2n) is 3.77. The van der Waals surface area contributed by atoms with Crippen molar-refractivity contribution < 1.29 is 18.1 Å². The first-order chi connectivity index (χ1) is 7.45. The number of rotatable bonds is 5. The second-order valence-corrected chi connectivity index (χ2v) is 5.16. The highest BCUT2D eigenvalue weighted by Gasteiger charge is 2.14. The molecule has 5 heteroatoms. The molecule has 0 unspecified atom stereocenters. The summed E-state index contributed by atoms with van der Waals surface area (Å²) >= 11 is 0. The van der Waals surface area contributed by atoms with Crippen LogP contribution in [0.1, 0.15) is 24.0 Å². The zero-order valence-corrected chi connectivity index (χ0v) is 10.00. The molecule has 0 bridgehead atoms. The number of hydrogen-bond donors (Lipinski definition) is 2. The summed E-state index contributed by atoms with van der Waals surface area (Å²) in [7, 11) is -4.15. The Hall–Kier alpha value is -0.910. The van der Waals surface area contributed by atoms with Gasteiger partial charge in [-0.1, -0.05) is 17.7 Å². The largest absolute Gasteiger partial charge is 0.396 e. The molecule has 90 valence electrons. The number of aliphatic hydroxyl groups excluding tert-OH is 1. The molecular weight excluding hydrogens is 228 g/mol. The maximum absolute atomic E-state index is 11.1. The maximum atomic E-state index is 11.1. The van der Waals surface area contributed by atoms with E-state index in [1.807, 2.05) is 6.92 Å². The molecule has 0 radical (unpaired) electrons. The standard InChI is InChI=1S/C11H16O4S/c1-9-5-6-11(16(13,14)15)10(8-9)4-2-3-7-12/h5-6,8,12H,2-4,7H2,1H3,(H,13,14,15). The summed E-state index contributed by atoms with van der Waals surface area (Å²) in [5.41, 5.74) is 1.56. The Labute approximate surface area is 95.7 Å². The van der Waals surface area contributed by atoms with E-state index in [4.69, 9.17) is 9.66 Å². The first-order valence-corrected chi connectivity index (χ1v) is 6.57. The van der Waals surface area contributed by atoms with E-state index in [1.165, 1.54) is 6.07 Å². The molecule has 0 saturated carbocycles. The molecule has 0 amide bonds. The van der Waals surface area contributed by atoms with Crippen LogP contribution in [0.2, 0.25) is 0 Å². The SMILES string of the molecule is Cc1ccc(S(=O)(=O)O)c(CCCCO)c1. The van der Waals surface area contributed by atoms with Crippen LogP contribution in [-0.2, 0) is 16.5 Å². The van der Waals surface area contributed by atoms with Gasteiger partial charge in [0.1, 0.15) is 0 Å². The van der Waals surface area contributed by atoms with Gasteiger partial charge in [-0.05, 0) is 37.8 Å². The Morgan fingerprint density at radius 2 is 1.94 bits per heavy atom. The smallest absolute Gasteiger partial charge is 0.294 e. The van der Waals surface area contributed by atoms with Gasteiger partial charge in [0.25, 0.3) is 10.1 Å². The lowest BCUT2D eigenvalue weighted by atomic mass is 10.1. The van der Waals surface area contributed by atoms with E-state index in [0.29, 0.717) is 24.8 Å². The van der Waals surface area contributed by atoms with Crippen molar-refractivity contribution in [3.05, 3.63) is 29.3 Å². The molecule has 4 nitrogen and oxygen atoms in total. The molecule has 0 aromatic heterocycles. The molecule has 16 heavy (non-hydrogen) atoms. The normalized spacial score (nSPS) is 11.7. The van der Waals surface area contributed by atoms with E-state index in [0.717, 1.165) is 5.56 Å². The van der Waals surface area contributed by atoms with Gasteiger partial charge in [0.2, 0.25) is 0 Å². The zero-order chi connectivity index (χ0) is 12.2. The monoisotopic (exact) mass is 244 g/mol. The summed E-state index contributed by atoms with van der Waals surface area (Å²) in [6.45, 7) is 1.95. The highest BCUT2D eigenvalue weighted by atomic mass is 32.2. The molecule has 1 aromatic rings. The van der Waals surface area contributed by atoms with Crippen molar-refractivity contribution >= 4 is 10.1 Å². The van der Waals surface area contributed by atoms with Crippen LogP contribution >= 0.6 is 0 Å². The van der Waals surface area contributed by atoms with Gasteiger partial charge in [0.15, 0.2) is 0 Å². The molecule has 0 aliphatic rings. The summed E-state index contributed by atoms with van der Waals surface area (Å²) < 4.78 is 31.2. The van der Waals surface area contributed by atoms with Gasteiger partial charge >= 0.3 is 0 Å². The summed E-state index contributed by atoms with van der Waals surface area (Å²) in [5, 5.41) is 8.66. The van der Waals surface area contributed by atoms with Crippen molar-refractivity contribution in [1.82, 2.24) is 0 Å². The molecule has 0 saturated heterocycles. The fourth-order valence-electron chi connectivity index (χ4n) is 1.58. The van der Waals surface area contributed by atoms with E-state index in [-0.39, 0.29) is 11.5 Å². The number of hydrogen-bond acceptors (Lipinski definition) is 3. The van der Waals surface area contributed by atoms with E-state index < -0.39 is 10.1 Å². The minimum Gasteiger partial charge on any atom is -0.396 e. The summed E-state index contributed by atoms with van der Waals surface area (Å²) in [4.78, 5) is -0.0314. The van der Waals surface area contributed by atoms with Crippen molar-refractivity contribution in [2.45, 2.75) is 31.1 Å². The van der Waals surface area contributed by atoms with Crippen LogP contribution in [0.5, 0.6) is 0 Å². The third-order valence-corrected chi connectivity index (χ3v) is 3.30. The average Bonchev–Trinajstić information content (AvgIpc) is 2.16. The predicted molar refractivity (Wildman–Crippen MR) is 61.0 cm³/mol. The minimum absolute atomic E-state index is 0.0314. The Kier molecular flexibility index (Phi) is 4.46. The van der Waals surface area contributed by atoms with E-state index >= 15 is 0 Å². The number of aryl methyl sites for hydroxylation is 2. The molecule has 0 atom stereocenters. The number of aliphatic hydroxyl groups is 1. The molecule has 0 heterocycles. The van der Waals surface area contributed by atoms with Crippen LogP contribution in [0.25, 0.3) is 0 Å². The van der Waals surface area contributed by atoms with Crippen molar-refractivity contribution in [1.29, 1.82) is 0 Å². The van der Waals surface area contributed by atoms with Crippen LogP contribution in [0.15, 0.2) is 23.1 Å². The van der Waals surface area contributed by atoms with Crippen molar-refractivity contribution in [2.24, 2.45) is 0 Å². The topological polar surface area (TPSA) is 74.6 Å². The van der Waals surface area contributed by atoms with Crippen LogP contribution in [-0.4, -0.2) is 24.7 Å². The molecule has 0 spiro atoms. The first-order valence-electron chi connectivity index (χ1n) is 5.13. The van der Waals surface area contributed by atoms with Crippen molar-refractivity contribution in [3.63, 3.8) is 0 Å². The first kappa shape index (κ1) is 13.2. The van der Waals surface area contributed by atoms with Crippen LogP contribution in [0, 0.1) is 6.92 Å². The van der Waals surface area contributed by atoms with Gasteiger partial charge in [0.05, 0.1) is 4.90 Å². The van der Waals surface area contributed by atoms with Gasteiger partial charge < -0.3 is 5.11 Å². The van der Waals surface area contributed by atoms with Gasteiger partial charge in [-0.15, -0.1) is 0 Å². The van der Waals surface area contributed by atoms with E-state index in [1.54, 1.807) is 12.1 Å². The molecule has 0 aliphatic heterocycles. The molecule has 0 aliphatic carbocycles. The van der Waals surface area contributed by atoms with Crippen molar-refractivity contribution in [2.75, 3.05) is 6.61 Å². The molecule has 0 fully saturated rings. The predicted octanol–water partition coefficient (Wildman–Crippen LogP) is 1.56. The van der Waals surface area contributed by atoms with Gasteiger partial charge in [0, 0.05) is 6.61 Å². The van der Waals surface area contributed by atoms with Crippen molar-refractivity contribution in [3.8, 4) is 0 Å². The lowest BCUT2D eigenvalue weighted by Crippen LogP contribution is -2.04. The molecular formula is C11H16O4S. The maximum Gasteiger partial charge on any atom is 0.294 e. The van der Waals surface area contributed by atoms with Gasteiger partial charge in [-0.2, -0.15) is 8.42 Å². The molecule has 1 aromatic carbocycles. The van der Waals surface area contributed by atoms with Crippen LogP contribution in [0.3, 0.4) is 0 Å². The minimum atomic E-state index is -4.15. The number of benzene rings is 1. The lowest BCUT2D eigenvalue weighted by Gasteiger charge is -2.07. The summed E-state index contributed by atoms with van der Waals surface area (Å²) in [6, 6.07) is 4.82. The van der Waals surface area contributed by atoms with Gasteiger partial charge in [-0.25, -0.2) is 0 Å². The number of unbranched alkanes of at least 4 members (excludes halogenated alkanes) is 1. The van der Waals surface area contributed by atoms with Crippen LogP contribution in [0.4, 0.5) is 0 Å². The zero-order valence-electron chi connectivity index (χ0n) is 9.18. The highest BCUT2D eigenvalue weighted by molar-refractivity contribution is 7.85. The summed E-state index contributed by atoms with van der Waals surface area (Å²) in [5.74, 6) is 0. The fourth-order valence-corrected chi connectivity index (χ4v) is 2.31. The second kappa shape index (κ2) is 5.43. The Morgan fingerprint density at radius 1 is 1.25 bits per heavy atom. The lowest BCUT2D eigenvalue weighted by molar-refractivity contribution is 0.284. The van der Waals surface area contributed by atoms with E-state index in [2.05, 4.69) is 0 Å². The average molecular weight is 244 g/mol. The van der Waals surface area contributed by atoms with Gasteiger partial charge in [-0.3, -0.25) is 4.55 Å². The fraction of sp³-hybridized carbons (Fsp3) is 0.455. The Morgan fingerprint density at radius 3 is 2.50 bits per heavy atom. The highest BCUT2D eigenvalue weighted by Crippen LogP contribution is 2.19. The quantitative estimate of drug-likeness (QED) is 0.609. The molecule has 2 N–H and O–H groups in total. The Balaban J connectivity index is 3.00. The molecule has 1 rings (SSSR count). The summed E-state index contributed by atoms with van der Waals surface area (Å²) in [6.07, 6.45) is 1.86. The van der Waals surface area contributed by atoms with E-state index in [9.17, 15) is 8.42 Å². The Bertz CT molecular complexity index is 451.